The minimum atomic E-state index is -0.754. The maximum atomic E-state index is 12.1. The van der Waals surface area contributed by atoms with Gasteiger partial charge in [-0.1, -0.05) is 0 Å². The predicted molar refractivity (Wildman–Crippen MR) is 84.6 cm³/mol. The van der Waals surface area contributed by atoms with Crippen LogP contribution in [0.3, 0.4) is 0 Å². The standard InChI is InChI=1S/C17H19NO6/c1-10-11(2)15(20)18(14(10)19)13-8-6-12(7-9-13)16(21)22-24-23-17(3,4)5/h6-9H,1-5H3. The number of benzene rings is 1. The second kappa shape index (κ2) is 6.54. The number of rotatable bonds is 4. The summed E-state index contributed by atoms with van der Waals surface area (Å²) in [5, 5.41) is 4.43. The summed E-state index contributed by atoms with van der Waals surface area (Å²) in [7, 11) is 0. The van der Waals surface area contributed by atoms with Crippen molar-refractivity contribution in [3.05, 3.63) is 41.0 Å². The number of nitrogens with zero attached hydrogens (tertiary/aromatic N) is 1. The van der Waals surface area contributed by atoms with Gasteiger partial charge in [0.2, 0.25) is 0 Å². The van der Waals surface area contributed by atoms with E-state index < -0.39 is 11.6 Å². The Bertz CT molecular complexity index is 688. The summed E-state index contributed by atoms with van der Waals surface area (Å²) >= 11 is 0. The van der Waals surface area contributed by atoms with Crippen molar-refractivity contribution >= 4 is 23.5 Å². The fourth-order valence-electron chi connectivity index (χ4n) is 1.93. The topological polar surface area (TPSA) is 82.1 Å². The minimum Gasteiger partial charge on any atom is -0.269 e. The van der Waals surface area contributed by atoms with Gasteiger partial charge in [-0.05, 0) is 63.9 Å². The lowest BCUT2D eigenvalue weighted by atomic mass is 10.2. The van der Waals surface area contributed by atoms with Crippen LogP contribution in [0.5, 0.6) is 0 Å². The molecule has 0 radical (unpaired) electrons. The van der Waals surface area contributed by atoms with Crippen LogP contribution in [-0.2, 0) is 24.4 Å². The van der Waals surface area contributed by atoms with Crippen LogP contribution in [0.25, 0.3) is 0 Å². The number of hydrogen-bond donors (Lipinski definition) is 0. The molecule has 0 unspecified atom stereocenters. The highest BCUT2D eigenvalue weighted by Crippen LogP contribution is 2.26. The van der Waals surface area contributed by atoms with Crippen molar-refractivity contribution in [3.8, 4) is 0 Å². The summed E-state index contributed by atoms with van der Waals surface area (Å²) < 4.78 is 0. The molecule has 0 bridgehead atoms. The van der Waals surface area contributed by atoms with E-state index >= 15 is 0 Å². The summed E-state index contributed by atoms with van der Waals surface area (Å²) in [6.45, 7) is 8.41. The van der Waals surface area contributed by atoms with Gasteiger partial charge in [0.25, 0.3) is 11.8 Å². The molecular formula is C17H19NO6. The average Bonchev–Trinajstić information content (AvgIpc) is 2.70. The lowest BCUT2D eigenvalue weighted by molar-refractivity contribution is -0.510. The van der Waals surface area contributed by atoms with E-state index in [-0.39, 0.29) is 17.4 Å². The Morgan fingerprint density at radius 3 is 1.92 bits per heavy atom. The molecule has 1 aliphatic rings. The van der Waals surface area contributed by atoms with Crippen LogP contribution in [0.4, 0.5) is 5.69 Å². The van der Waals surface area contributed by atoms with Crippen molar-refractivity contribution in [3.63, 3.8) is 0 Å². The summed E-state index contributed by atoms with van der Waals surface area (Å²) in [5.41, 5.74) is 0.775. The van der Waals surface area contributed by atoms with Crippen LogP contribution in [0.2, 0.25) is 0 Å². The SMILES string of the molecule is CC1=C(C)C(=O)N(c2ccc(C(=O)OOOC(C)(C)C)cc2)C1=O. The van der Waals surface area contributed by atoms with Crippen LogP contribution in [-0.4, -0.2) is 23.4 Å². The molecule has 0 saturated carbocycles. The minimum absolute atomic E-state index is 0.191. The van der Waals surface area contributed by atoms with Crippen molar-refractivity contribution in [2.24, 2.45) is 0 Å². The molecule has 0 saturated heterocycles. The number of carbonyl (C=O) groups is 3. The molecule has 128 valence electrons. The highest BCUT2D eigenvalue weighted by atomic mass is 17.5. The lowest BCUT2D eigenvalue weighted by Gasteiger charge is -2.16. The van der Waals surface area contributed by atoms with Gasteiger partial charge >= 0.3 is 5.97 Å². The third kappa shape index (κ3) is 3.69. The maximum absolute atomic E-state index is 12.1. The quantitative estimate of drug-likeness (QED) is 0.479. The van der Waals surface area contributed by atoms with Gasteiger partial charge in [0.05, 0.1) is 16.9 Å². The Morgan fingerprint density at radius 2 is 1.46 bits per heavy atom. The summed E-state index contributed by atoms with van der Waals surface area (Å²) in [4.78, 5) is 46.4. The molecule has 2 rings (SSSR count). The van der Waals surface area contributed by atoms with Gasteiger partial charge in [0.15, 0.2) is 0 Å². The smallest absolute Gasteiger partial charge is 0.269 e. The molecule has 7 nitrogen and oxygen atoms in total. The van der Waals surface area contributed by atoms with Gasteiger partial charge in [-0.15, -0.1) is 0 Å². The molecule has 2 amide bonds. The van der Waals surface area contributed by atoms with Gasteiger partial charge in [0, 0.05) is 11.1 Å². The van der Waals surface area contributed by atoms with Crippen molar-refractivity contribution in [1.82, 2.24) is 0 Å². The Hall–Kier alpha value is -2.51. The largest absolute Gasteiger partial charge is 0.376 e. The van der Waals surface area contributed by atoms with Crippen LogP contribution >= 0.6 is 0 Å². The molecule has 0 aliphatic carbocycles. The highest BCUT2D eigenvalue weighted by molar-refractivity contribution is 6.32. The van der Waals surface area contributed by atoms with Crippen molar-refractivity contribution < 1.29 is 29.2 Å². The molecule has 0 spiro atoms. The van der Waals surface area contributed by atoms with Gasteiger partial charge in [-0.25, -0.2) is 9.69 Å². The zero-order valence-electron chi connectivity index (χ0n) is 14.2. The first kappa shape index (κ1) is 17.8. The molecule has 0 N–H and O–H groups in total. The normalized spacial score (nSPS) is 15.3. The number of hydrogen-bond acceptors (Lipinski definition) is 6. The first-order chi connectivity index (χ1) is 11.1. The number of carbonyl (C=O) groups excluding carboxylic acids is 3. The molecule has 7 heteroatoms. The molecule has 0 atom stereocenters. The van der Waals surface area contributed by atoms with Gasteiger partial charge in [-0.3, -0.25) is 14.5 Å². The maximum Gasteiger partial charge on any atom is 0.376 e. The highest BCUT2D eigenvalue weighted by Gasteiger charge is 2.34. The third-order valence-corrected chi connectivity index (χ3v) is 3.37. The number of anilines is 1. The number of amides is 2. The molecule has 1 heterocycles. The lowest BCUT2D eigenvalue weighted by Crippen LogP contribution is -2.31. The molecule has 24 heavy (non-hydrogen) atoms. The Labute approximate surface area is 139 Å². The summed E-state index contributed by atoms with van der Waals surface area (Å²) in [6, 6.07) is 5.84. The van der Waals surface area contributed by atoms with E-state index in [1.807, 2.05) is 0 Å². The van der Waals surface area contributed by atoms with E-state index in [2.05, 4.69) is 9.93 Å². The van der Waals surface area contributed by atoms with E-state index in [0.29, 0.717) is 16.8 Å². The summed E-state index contributed by atoms with van der Waals surface area (Å²) in [5.74, 6) is -1.49. The molecular weight excluding hydrogens is 314 g/mol. The fraction of sp³-hybridized carbons (Fsp3) is 0.353. The van der Waals surface area contributed by atoms with Crippen LogP contribution in [0.15, 0.2) is 35.4 Å². The van der Waals surface area contributed by atoms with Gasteiger partial charge < -0.3 is 0 Å². The van der Waals surface area contributed by atoms with E-state index in [0.717, 1.165) is 4.90 Å². The number of imide groups is 1. The third-order valence-electron chi connectivity index (χ3n) is 3.37. The fourth-order valence-corrected chi connectivity index (χ4v) is 1.93. The van der Waals surface area contributed by atoms with E-state index in [9.17, 15) is 14.4 Å². The van der Waals surface area contributed by atoms with Crippen LogP contribution in [0, 0.1) is 0 Å². The van der Waals surface area contributed by atoms with Crippen molar-refractivity contribution in [1.29, 1.82) is 0 Å². The summed E-state index contributed by atoms with van der Waals surface area (Å²) in [6.07, 6.45) is 0. The van der Waals surface area contributed by atoms with Gasteiger partial charge in [0.1, 0.15) is 0 Å². The molecule has 1 aromatic rings. The monoisotopic (exact) mass is 333 g/mol. The molecule has 0 aromatic heterocycles. The van der Waals surface area contributed by atoms with E-state index in [1.165, 1.54) is 24.3 Å². The van der Waals surface area contributed by atoms with E-state index in [4.69, 9.17) is 4.89 Å². The molecule has 0 fully saturated rings. The van der Waals surface area contributed by atoms with Gasteiger partial charge in [-0.2, -0.15) is 4.89 Å². The zero-order chi connectivity index (χ0) is 18.1. The molecule has 1 aliphatic heterocycles. The van der Waals surface area contributed by atoms with E-state index in [1.54, 1.807) is 34.6 Å². The molecule has 1 aromatic carbocycles. The van der Waals surface area contributed by atoms with Crippen molar-refractivity contribution in [2.75, 3.05) is 4.90 Å². The second-order valence-corrected chi connectivity index (χ2v) is 6.38. The second-order valence-electron chi connectivity index (χ2n) is 6.38. The first-order valence-corrected chi connectivity index (χ1v) is 7.35. The van der Waals surface area contributed by atoms with Crippen LogP contribution in [0.1, 0.15) is 45.0 Å². The Morgan fingerprint density at radius 1 is 0.958 bits per heavy atom. The van der Waals surface area contributed by atoms with Crippen LogP contribution < -0.4 is 4.90 Å². The first-order valence-electron chi connectivity index (χ1n) is 7.35. The van der Waals surface area contributed by atoms with Crippen molar-refractivity contribution in [2.45, 2.75) is 40.2 Å². The Balaban J connectivity index is 2.05. The zero-order valence-corrected chi connectivity index (χ0v) is 14.2. The predicted octanol–water partition coefficient (Wildman–Crippen LogP) is 2.71. The Kier molecular flexibility index (Phi) is 4.86. The average molecular weight is 333 g/mol.